The van der Waals surface area contributed by atoms with Crippen molar-refractivity contribution in [1.82, 2.24) is 0 Å². The van der Waals surface area contributed by atoms with E-state index in [9.17, 15) is 33.8 Å². The number of aromatic hydroxyl groups is 1. The number of hydrogen-bond acceptors (Lipinski definition) is 12. The molecule has 0 aromatic heterocycles. The van der Waals surface area contributed by atoms with Crippen LogP contribution in [-0.4, -0.2) is 26.4 Å². The average molecular weight is 566 g/mol. The summed E-state index contributed by atoms with van der Waals surface area (Å²) < 4.78 is 45.6. The SMILES string of the molecule is COc1cc(/C=C\c2ccc(OC)c(OP(=O)([O-])[O-])c2O)cc(OP(=O)([O-])[O-])c1OC.[Na+].[Na+].[Na+].[Na+]. The number of rotatable bonds is 9. The molecule has 0 saturated heterocycles. The Hall–Kier alpha value is 1.28. The first-order chi connectivity index (χ1) is 14.4. The summed E-state index contributed by atoms with van der Waals surface area (Å²) in [6.45, 7) is 0. The van der Waals surface area contributed by atoms with Crippen LogP contribution in [-0.2, 0) is 9.13 Å². The molecule has 0 aliphatic rings. The maximum Gasteiger partial charge on any atom is 1.00 e. The predicted octanol–water partition coefficient (Wildman–Crippen LogP) is -12.0. The van der Waals surface area contributed by atoms with Gasteiger partial charge in [-0.1, -0.05) is 12.2 Å². The summed E-state index contributed by atoms with van der Waals surface area (Å²) in [6.07, 6.45) is 2.62. The van der Waals surface area contributed by atoms with Crippen LogP contribution < -0.4 is 161 Å². The van der Waals surface area contributed by atoms with Crippen molar-refractivity contribution in [2.75, 3.05) is 21.3 Å². The maximum atomic E-state index is 11.0. The van der Waals surface area contributed by atoms with Crippen LogP contribution in [0.1, 0.15) is 11.1 Å². The second kappa shape index (κ2) is 17.8. The number of phenolic OH excluding ortho intramolecular Hbond substituents is 1. The Labute approximate surface area is 290 Å². The van der Waals surface area contributed by atoms with E-state index >= 15 is 0 Å². The first-order valence-electron chi connectivity index (χ1n) is 8.16. The van der Waals surface area contributed by atoms with Gasteiger partial charge in [0, 0.05) is 5.56 Å². The quantitative estimate of drug-likeness (QED) is 0.172. The fourth-order valence-corrected chi connectivity index (χ4v) is 3.26. The molecule has 2 rings (SSSR count). The van der Waals surface area contributed by atoms with Gasteiger partial charge in [0.2, 0.25) is 11.5 Å². The molecule has 0 heterocycles. The summed E-state index contributed by atoms with van der Waals surface area (Å²) in [4.78, 5) is 43.9. The molecule has 2 aromatic rings. The van der Waals surface area contributed by atoms with E-state index in [1.54, 1.807) is 0 Å². The van der Waals surface area contributed by atoms with E-state index in [1.165, 1.54) is 51.7 Å². The van der Waals surface area contributed by atoms with Crippen LogP contribution in [0.15, 0.2) is 24.3 Å². The third kappa shape index (κ3) is 12.8. The van der Waals surface area contributed by atoms with Crippen LogP contribution in [0.5, 0.6) is 34.5 Å². The molecular formula is C17H16Na4O12P2. The molecule has 35 heavy (non-hydrogen) atoms. The van der Waals surface area contributed by atoms with E-state index in [2.05, 4.69) is 9.05 Å². The topological polar surface area (TPSA) is 193 Å². The zero-order valence-electron chi connectivity index (χ0n) is 20.3. The molecule has 18 heteroatoms. The van der Waals surface area contributed by atoms with Crippen LogP contribution in [0.3, 0.4) is 0 Å². The predicted molar refractivity (Wildman–Crippen MR) is 99.6 cm³/mol. The van der Waals surface area contributed by atoms with Gasteiger partial charge in [0.1, 0.15) is 15.6 Å². The van der Waals surface area contributed by atoms with Crippen LogP contribution in [0.4, 0.5) is 0 Å². The Morgan fingerprint density at radius 1 is 0.714 bits per heavy atom. The molecule has 0 radical (unpaired) electrons. The van der Waals surface area contributed by atoms with Gasteiger partial charge in [0.15, 0.2) is 23.0 Å². The van der Waals surface area contributed by atoms with Crippen molar-refractivity contribution in [3.8, 4) is 34.5 Å². The molecule has 0 aliphatic carbocycles. The standard InChI is InChI=1S/C17H20O12P2.4Na/c1-25-12-7-6-11(15(18)17(12)29-31(22,23)24)5-4-10-8-13(26-2)16(27-3)14(9-10)28-30(19,20)21;;;;/h4-9,18H,1-3H3,(H2,19,20,21)(H2,22,23,24);;;;/q;4*+1/p-4/b5-4-;;;;. The molecule has 0 unspecified atom stereocenters. The molecule has 0 bridgehead atoms. The van der Waals surface area contributed by atoms with E-state index in [4.69, 9.17) is 14.2 Å². The fourth-order valence-electron chi connectivity index (χ4n) is 2.48. The van der Waals surface area contributed by atoms with E-state index in [-0.39, 0.29) is 147 Å². The molecule has 0 spiro atoms. The molecule has 1 N–H and O–H groups in total. The Balaban J connectivity index is -0.00000256. The number of phosphoric acid groups is 2. The summed E-state index contributed by atoms with van der Waals surface area (Å²) in [5.74, 6) is -2.15. The van der Waals surface area contributed by atoms with Crippen molar-refractivity contribution in [1.29, 1.82) is 0 Å². The normalized spacial score (nSPS) is 10.6. The Morgan fingerprint density at radius 2 is 1.23 bits per heavy atom. The van der Waals surface area contributed by atoms with Crippen LogP contribution in [0.2, 0.25) is 0 Å². The molecule has 12 nitrogen and oxygen atoms in total. The Morgan fingerprint density at radius 3 is 1.69 bits per heavy atom. The largest absolute Gasteiger partial charge is 1.00 e. The van der Waals surface area contributed by atoms with E-state index < -0.39 is 32.9 Å². The molecule has 170 valence electrons. The number of methoxy groups -OCH3 is 3. The Kier molecular flexibility index (Phi) is 20.7. The third-order valence-corrected chi connectivity index (χ3v) is 4.51. The first kappa shape index (κ1) is 40.8. The maximum absolute atomic E-state index is 11.0. The zero-order valence-corrected chi connectivity index (χ0v) is 30.1. The van der Waals surface area contributed by atoms with Crippen molar-refractivity contribution in [2.24, 2.45) is 0 Å². The summed E-state index contributed by atoms with van der Waals surface area (Å²) in [5, 5.41) is 10.3. The minimum absolute atomic E-state index is 0. The van der Waals surface area contributed by atoms with E-state index in [1.807, 2.05) is 0 Å². The number of phenols is 1. The number of benzene rings is 2. The second-order valence-corrected chi connectivity index (χ2v) is 7.85. The summed E-state index contributed by atoms with van der Waals surface area (Å²) in [6, 6.07) is 5.14. The molecular weight excluding hydrogens is 550 g/mol. The van der Waals surface area contributed by atoms with E-state index in [0.717, 1.165) is 6.07 Å². The van der Waals surface area contributed by atoms with Gasteiger partial charge >= 0.3 is 118 Å². The average Bonchev–Trinajstić information content (AvgIpc) is 2.66. The summed E-state index contributed by atoms with van der Waals surface area (Å²) in [5.41, 5.74) is 0.261. The second-order valence-electron chi connectivity index (χ2n) is 5.70. The molecule has 2 aromatic carbocycles. The van der Waals surface area contributed by atoms with Crippen LogP contribution >= 0.6 is 15.6 Å². The molecule has 0 saturated carbocycles. The van der Waals surface area contributed by atoms with Gasteiger partial charge in [-0.05, 0) is 29.8 Å². The van der Waals surface area contributed by atoms with Gasteiger partial charge in [0.25, 0.3) is 0 Å². The van der Waals surface area contributed by atoms with Gasteiger partial charge in [-0.2, -0.15) is 0 Å². The third-order valence-electron chi connectivity index (χ3n) is 3.68. The Bertz CT molecular complexity index is 1090. The van der Waals surface area contributed by atoms with Crippen molar-refractivity contribution in [3.05, 3.63) is 35.4 Å². The fraction of sp³-hybridized carbons (Fsp3) is 0.176. The van der Waals surface area contributed by atoms with Gasteiger partial charge in [-0.25, -0.2) is 0 Å². The first-order valence-corrected chi connectivity index (χ1v) is 11.1. The van der Waals surface area contributed by atoms with Crippen LogP contribution in [0, 0.1) is 0 Å². The summed E-state index contributed by atoms with van der Waals surface area (Å²) in [7, 11) is -7.25. The molecule has 0 aliphatic heterocycles. The molecule has 0 amide bonds. The van der Waals surface area contributed by atoms with Crippen molar-refractivity contribution in [2.45, 2.75) is 0 Å². The molecule has 0 atom stereocenters. The minimum atomic E-state index is -5.49. The van der Waals surface area contributed by atoms with E-state index in [0.29, 0.717) is 0 Å². The zero-order chi connectivity index (χ0) is 23.4. The molecule has 0 fully saturated rings. The van der Waals surface area contributed by atoms with Gasteiger partial charge in [0.05, 0.1) is 21.3 Å². The number of phosphoric ester groups is 2. The monoisotopic (exact) mass is 566 g/mol. The van der Waals surface area contributed by atoms with Crippen LogP contribution in [0.25, 0.3) is 12.2 Å². The smallest absolute Gasteiger partial charge is 0.780 e. The number of hydrogen-bond donors (Lipinski definition) is 1. The van der Waals surface area contributed by atoms with Crippen molar-refractivity contribution >= 4 is 27.8 Å². The summed E-state index contributed by atoms with van der Waals surface area (Å²) >= 11 is 0. The number of ether oxygens (including phenoxy) is 3. The van der Waals surface area contributed by atoms with Crippen molar-refractivity contribution < 1.29 is 175 Å². The van der Waals surface area contributed by atoms with Gasteiger partial charge in [-0.3, -0.25) is 0 Å². The van der Waals surface area contributed by atoms with Gasteiger partial charge in [-0.15, -0.1) is 0 Å². The van der Waals surface area contributed by atoms with Crippen molar-refractivity contribution in [3.63, 3.8) is 0 Å². The minimum Gasteiger partial charge on any atom is -0.780 e. The van der Waals surface area contributed by atoms with Gasteiger partial charge < -0.3 is 57.1 Å².